The molecule has 204 valence electrons. The number of hydrogen-bond donors (Lipinski definition) is 2. The molecule has 0 aliphatic heterocycles. The standard InChI is InChI=1S/C33H31NO6/c1-33(2,3)40-31(37)26-17-16-20-10-4-5-11-21(20)27(26)18-29(30(35)36)34-32(38)39-19-28-24-14-8-6-12-22(24)23-13-7-9-15-25(23)28/h4-17,28-29H,18-19H2,1-3H3,(H,34,38)(H,35,36)/t29-/m0/s1. The van der Waals surface area contributed by atoms with Crippen molar-refractivity contribution in [1.82, 2.24) is 5.32 Å². The first-order valence-electron chi connectivity index (χ1n) is 13.2. The van der Waals surface area contributed by atoms with E-state index in [9.17, 15) is 19.5 Å². The summed E-state index contributed by atoms with van der Waals surface area (Å²) in [5, 5.41) is 14.1. The predicted octanol–water partition coefficient (Wildman–Crippen LogP) is 6.33. The Morgan fingerprint density at radius 2 is 1.45 bits per heavy atom. The highest BCUT2D eigenvalue weighted by Gasteiger charge is 2.31. The Balaban J connectivity index is 1.36. The van der Waals surface area contributed by atoms with E-state index in [4.69, 9.17) is 9.47 Å². The van der Waals surface area contributed by atoms with Crippen LogP contribution in [0.15, 0.2) is 84.9 Å². The second-order valence-electron chi connectivity index (χ2n) is 10.9. The maximum Gasteiger partial charge on any atom is 0.407 e. The highest BCUT2D eigenvalue weighted by molar-refractivity contribution is 5.99. The molecular formula is C33H31NO6. The van der Waals surface area contributed by atoms with Gasteiger partial charge < -0.3 is 19.9 Å². The average Bonchev–Trinajstić information content (AvgIpc) is 3.24. The van der Waals surface area contributed by atoms with Gasteiger partial charge in [0.2, 0.25) is 0 Å². The Bertz CT molecular complexity index is 1560. The van der Waals surface area contributed by atoms with Gasteiger partial charge >= 0.3 is 18.0 Å². The van der Waals surface area contributed by atoms with E-state index in [0.717, 1.165) is 27.6 Å². The third-order valence-electron chi connectivity index (χ3n) is 7.00. The van der Waals surface area contributed by atoms with E-state index in [1.165, 1.54) is 0 Å². The maximum atomic E-state index is 13.1. The van der Waals surface area contributed by atoms with Crippen molar-refractivity contribution in [2.75, 3.05) is 6.61 Å². The lowest BCUT2D eigenvalue weighted by Gasteiger charge is -2.22. The topological polar surface area (TPSA) is 102 Å². The zero-order chi connectivity index (χ0) is 28.4. The molecule has 0 spiro atoms. The average molecular weight is 538 g/mol. The molecule has 7 nitrogen and oxygen atoms in total. The van der Waals surface area contributed by atoms with E-state index in [2.05, 4.69) is 5.32 Å². The Kier molecular flexibility index (Phi) is 7.30. The lowest BCUT2D eigenvalue weighted by atomic mass is 9.93. The third-order valence-corrected chi connectivity index (χ3v) is 7.00. The zero-order valence-corrected chi connectivity index (χ0v) is 22.6. The first kappa shape index (κ1) is 26.9. The molecule has 1 aliphatic carbocycles. The quantitative estimate of drug-likeness (QED) is 0.267. The fraction of sp³-hybridized carbons (Fsp3) is 0.242. The predicted molar refractivity (Wildman–Crippen MR) is 152 cm³/mol. The molecule has 1 aliphatic rings. The summed E-state index contributed by atoms with van der Waals surface area (Å²) in [5.41, 5.74) is 4.33. The van der Waals surface area contributed by atoms with E-state index in [-0.39, 0.29) is 24.5 Å². The summed E-state index contributed by atoms with van der Waals surface area (Å²) in [7, 11) is 0. The van der Waals surface area contributed by atoms with Crippen molar-refractivity contribution in [3.05, 3.63) is 107 Å². The second kappa shape index (κ2) is 10.8. The molecule has 0 saturated heterocycles. The Labute approximate surface area is 232 Å². The van der Waals surface area contributed by atoms with E-state index in [1.54, 1.807) is 32.9 Å². The van der Waals surface area contributed by atoms with Crippen LogP contribution in [0, 0.1) is 0 Å². The fourth-order valence-corrected chi connectivity index (χ4v) is 5.27. The molecule has 0 aromatic heterocycles. The zero-order valence-electron chi connectivity index (χ0n) is 22.6. The number of benzene rings is 4. The highest BCUT2D eigenvalue weighted by atomic mass is 16.6. The Morgan fingerprint density at radius 3 is 2.08 bits per heavy atom. The number of carboxylic acid groups (broad SMARTS) is 1. The molecule has 0 saturated carbocycles. The molecule has 4 aromatic rings. The van der Waals surface area contributed by atoms with Crippen molar-refractivity contribution in [2.45, 2.75) is 44.8 Å². The van der Waals surface area contributed by atoms with Gasteiger partial charge in [-0.3, -0.25) is 0 Å². The van der Waals surface area contributed by atoms with Crippen molar-refractivity contribution in [2.24, 2.45) is 0 Å². The number of ether oxygens (including phenoxy) is 2. The summed E-state index contributed by atoms with van der Waals surface area (Å²) in [5.74, 6) is -1.95. The van der Waals surface area contributed by atoms with E-state index in [1.807, 2.05) is 72.8 Å². The van der Waals surface area contributed by atoms with Gasteiger partial charge in [0.15, 0.2) is 0 Å². The lowest BCUT2D eigenvalue weighted by molar-refractivity contribution is -0.139. The highest BCUT2D eigenvalue weighted by Crippen LogP contribution is 2.44. The van der Waals surface area contributed by atoms with Crippen LogP contribution in [0.1, 0.15) is 53.7 Å². The van der Waals surface area contributed by atoms with Gasteiger partial charge in [0.05, 0.1) is 5.56 Å². The second-order valence-corrected chi connectivity index (χ2v) is 10.9. The molecule has 1 amide bonds. The van der Waals surface area contributed by atoms with Gasteiger partial charge in [0.25, 0.3) is 0 Å². The number of carbonyl (C=O) groups excluding carboxylic acids is 2. The SMILES string of the molecule is CC(C)(C)OC(=O)c1ccc2ccccc2c1C[C@H](NC(=O)OCC1c2ccccc2-c2ccccc21)C(=O)O. The maximum absolute atomic E-state index is 13.1. The normalized spacial score (nSPS) is 13.3. The number of aliphatic carboxylic acids is 1. The number of alkyl carbamates (subject to hydrolysis) is 1. The number of hydrogen-bond acceptors (Lipinski definition) is 5. The number of fused-ring (bicyclic) bond motifs is 4. The minimum atomic E-state index is -1.33. The molecule has 5 rings (SSSR count). The van der Waals surface area contributed by atoms with Crippen molar-refractivity contribution in [3.8, 4) is 11.1 Å². The molecule has 2 N–H and O–H groups in total. The van der Waals surface area contributed by atoms with Crippen LogP contribution in [-0.4, -0.2) is 41.4 Å². The summed E-state index contributed by atoms with van der Waals surface area (Å²) in [6, 6.07) is 25.5. The molecule has 7 heteroatoms. The molecule has 4 aromatic carbocycles. The van der Waals surface area contributed by atoms with Crippen molar-refractivity contribution in [3.63, 3.8) is 0 Å². The number of amides is 1. The van der Waals surface area contributed by atoms with Crippen LogP contribution in [-0.2, 0) is 20.7 Å². The monoisotopic (exact) mass is 537 g/mol. The van der Waals surface area contributed by atoms with E-state index in [0.29, 0.717) is 10.9 Å². The van der Waals surface area contributed by atoms with Gasteiger partial charge in [-0.1, -0.05) is 78.9 Å². The van der Waals surface area contributed by atoms with Crippen molar-refractivity contribution >= 4 is 28.8 Å². The van der Waals surface area contributed by atoms with E-state index < -0.39 is 29.7 Å². The number of carboxylic acids is 1. The number of nitrogens with one attached hydrogen (secondary N) is 1. The minimum absolute atomic E-state index is 0.0592. The van der Waals surface area contributed by atoms with Crippen LogP contribution in [0.25, 0.3) is 21.9 Å². The van der Waals surface area contributed by atoms with Crippen LogP contribution < -0.4 is 5.32 Å². The number of rotatable bonds is 7. The summed E-state index contributed by atoms with van der Waals surface area (Å²) in [6.07, 6.45) is -0.969. The molecule has 0 fully saturated rings. The first-order valence-corrected chi connectivity index (χ1v) is 13.2. The first-order chi connectivity index (χ1) is 19.1. The third kappa shape index (κ3) is 5.54. The Hall–Kier alpha value is -4.65. The molecule has 40 heavy (non-hydrogen) atoms. The van der Waals surface area contributed by atoms with Crippen LogP contribution in [0.5, 0.6) is 0 Å². The smallest absolute Gasteiger partial charge is 0.407 e. The largest absolute Gasteiger partial charge is 0.480 e. The molecule has 0 unspecified atom stereocenters. The van der Waals surface area contributed by atoms with Gasteiger partial charge in [-0.15, -0.1) is 0 Å². The molecule has 1 atom stereocenters. The van der Waals surface area contributed by atoms with Crippen LogP contribution in [0.3, 0.4) is 0 Å². The Morgan fingerprint density at radius 1 is 0.850 bits per heavy atom. The summed E-state index contributed by atoms with van der Waals surface area (Å²) in [6.45, 7) is 5.36. The van der Waals surface area contributed by atoms with Crippen LogP contribution >= 0.6 is 0 Å². The van der Waals surface area contributed by atoms with Gasteiger partial charge in [-0.25, -0.2) is 14.4 Å². The molecular weight excluding hydrogens is 506 g/mol. The van der Waals surface area contributed by atoms with Crippen LogP contribution in [0.2, 0.25) is 0 Å². The summed E-state index contributed by atoms with van der Waals surface area (Å²) >= 11 is 0. The van der Waals surface area contributed by atoms with Gasteiger partial charge in [-0.2, -0.15) is 0 Å². The van der Waals surface area contributed by atoms with Gasteiger partial charge in [-0.05, 0) is 65.4 Å². The molecule has 0 bridgehead atoms. The van der Waals surface area contributed by atoms with Gasteiger partial charge in [0.1, 0.15) is 18.2 Å². The number of esters is 1. The van der Waals surface area contributed by atoms with Crippen LogP contribution in [0.4, 0.5) is 4.79 Å². The summed E-state index contributed by atoms with van der Waals surface area (Å²) in [4.78, 5) is 38.3. The molecule has 0 heterocycles. The number of carbonyl (C=O) groups is 3. The molecule has 0 radical (unpaired) electrons. The van der Waals surface area contributed by atoms with Crippen molar-refractivity contribution in [1.29, 1.82) is 0 Å². The van der Waals surface area contributed by atoms with Crippen molar-refractivity contribution < 1.29 is 29.0 Å². The van der Waals surface area contributed by atoms with E-state index >= 15 is 0 Å². The summed E-state index contributed by atoms with van der Waals surface area (Å²) < 4.78 is 11.2. The minimum Gasteiger partial charge on any atom is -0.480 e. The van der Waals surface area contributed by atoms with Gasteiger partial charge in [0, 0.05) is 12.3 Å². The fourth-order valence-electron chi connectivity index (χ4n) is 5.27. The lowest BCUT2D eigenvalue weighted by Crippen LogP contribution is -2.43.